The molecule has 25 heavy (non-hydrogen) atoms. The number of hydrogen-bond donors (Lipinski definition) is 1. The molecule has 134 valence electrons. The first kappa shape index (κ1) is 19.6. The Bertz CT molecular complexity index is 661. The molecule has 0 aliphatic rings. The maximum Gasteiger partial charge on any atom is 0.233 e. The van der Waals surface area contributed by atoms with E-state index in [1.165, 1.54) is 16.7 Å². The Morgan fingerprint density at radius 2 is 1.64 bits per heavy atom. The van der Waals surface area contributed by atoms with Crippen LogP contribution in [0, 0.1) is 6.92 Å². The first-order chi connectivity index (χ1) is 12.0. The van der Waals surface area contributed by atoms with Gasteiger partial charge in [-0.05, 0) is 55.9 Å². The van der Waals surface area contributed by atoms with Crippen molar-refractivity contribution in [3.8, 4) is 0 Å². The lowest BCUT2D eigenvalue weighted by Gasteiger charge is -2.12. The van der Waals surface area contributed by atoms with Crippen LogP contribution >= 0.6 is 11.8 Å². The van der Waals surface area contributed by atoms with Crippen LogP contribution in [0.25, 0.3) is 0 Å². The van der Waals surface area contributed by atoms with E-state index >= 15 is 0 Å². The third kappa shape index (κ3) is 6.58. The van der Waals surface area contributed by atoms with Crippen LogP contribution < -0.4 is 5.32 Å². The number of amides is 1. The predicted molar refractivity (Wildman–Crippen MR) is 108 cm³/mol. The average molecular weight is 356 g/mol. The fourth-order valence-electron chi connectivity index (χ4n) is 2.59. The molecule has 1 N–H and O–H groups in total. The van der Waals surface area contributed by atoms with Gasteiger partial charge < -0.3 is 5.32 Å². The number of hydrogen-bond acceptors (Lipinski definition) is 2. The van der Waals surface area contributed by atoms with Crippen molar-refractivity contribution < 1.29 is 4.79 Å². The van der Waals surface area contributed by atoms with Gasteiger partial charge in [-0.2, -0.15) is 0 Å². The van der Waals surface area contributed by atoms with E-state index in [-0.39, 0.29) is 11.2 Å². The zero-order valence-corrected chi connectivity index (χ0v) is 16.5. The molecule has 0 aliphatic carbocycles. The molecule has 2 aromatic carbocycles. The highest BCUT2D eigenvalue weighted by atomic mass is 32.2. The second kappa shape index (κ2) is 9.67. The van der Waals surface area contributed by atoms with Crippen molar-refractivity contribution in [3.05, 3.63) is 65.2 Å². The van der Waals surface area contributed by atoms with Crippen LogP contribution in [-0.2, 0) is 11.2 Å². The highest BCUT2D eigenvalue weighted by molar-refractivity contribution is 8.00. The van der Waals surface area contributed by atoms with Crippen molar-refractivity contribution in [2.45, 2.75) is 56.6 Å². The van der Waals surface area contributed by atoms with Crippen LogP contribution in [0.2, 0.25) is 0 Å². The molecular formula is C22H29NOS. The normalized spacial score (nSPS) is 12.2. The highest BCUT2D eigenvalue weighted by Gasteiger charge is 2.13. The van der Waals surface area contributed by atoms with Crippen LogP contribution in [0.5, 0.6) is 0 Å². The van der Waals surface area contributed by atoms with Crippen molar-refractivity contribution in [1.29, 1.82) is 0 Å². The van der Waals surface area contributed by atoms with Crippen LogP contribution in [0.4, 0.5) is 0 Å². The van der Waals surface area contributed by atoms with Gasteiger partial charge in [0.2, 0.25) is 5.91 Å². The predicted octanol–water partition coefficient (Wildman–Crippen LogP) is 5.35. The minimum absolute atomic E-state index is 0.0759. The molecule has 0 heterocycles. The summed E-state index contributed by atoms with van der Waals surface area (Å²) in [6, 6.07) is 17.1. The van der Waals surface area contributed by atoms with E-state index in [0.29, 0.717) is 5.92 Å². The average Bonchev–Trinajstić information content (AvgIpc) is 2.60. The Morgan fingerprint density at radius 1 is 1.00 bits per heavy atom. The van der Waals surface area contributed by atoms with E-state index < -0.39 is 0 Å². The molecule has 0 saturated carbocycles. The van der Waals surface area contributed by atoms with Crippen molar-refractivity contribution in [1.82, 2.24) is 5.32 Å². The monoisotopic (exact) mass is 355 g/mol. The number of thioether (sulfide) groups is 1. The lowest BCUT2D eigenvalue weighted by Crippen LogP contribution is -2.31. The molecule has 0 aliphatic heterocycles. The zero-order valence-electron chi connectivity index (χ0n) is 15.7. The maximum atomic E-state index is 12.2. The quantitative estimate of drug-likeness (QED) is 0.511. The fourth-order valence-corrected chi connectivity index (χ4v) is 3.48. The molecule has 0 saturated heterocycles. The van der Waals surface area contributed by atoms with Crippen LogP contribution in [0.1, 0.15) is 49.8 Å². The van der Waals surface area contributed by atoms with Gasteiger partial charge in [-0.25, -0.2) is 0 Å². The van der Waals surface area contributed by atoms with Crippen molar-refractivity contribution in [2.75, 3.05) is 6.54 Å². The number of nitrogens with one attached hydrogen (secondary N) is 1. The van der Waals surface area contributed by atoms with Crippen molar-refractivity contribution in [2.24, 2.45) is 0 Å². The van der Waals surface area contributed by atoms with E-state index in [2.05, 4.69) is 74.6 Å². The highest BCUT2D eigenvalue weighted by Crippen LogP contribution is 2.23. The van der Waals surface area contributed by atoms with Crippen LogP contribution in [0.15, 0.2) is 53.4 Å². The molecule has 2 nitrogen and oxygen atoms in total. The summed E-state index contributed by atoms with van der Waals surface area (Å²) in [5, 5.41) is 2.98. The summed E-state index contributed by atoms with van der Waals surface area (Å²) < 4.78 is 0. The molecule has 0 spiro atoms. The Labute approximate surface area is 156 Å². The molecule has 3 heteroatoms. The minimum atomic E-state index is -0.0759. The van der Waals surface area contributed by atoms with Gasteiger partial charge in [0.15, 0.2) is 0 Å². The molecule has 0 fully saturated rings. The maximum absolute atomic E-state index is 12.2. The summed E-state index contributed by atoms with van der Waals surface area (Å²) in [4.78, 5) is 13.4. The molecule has 0 aromatic heterocycles. The molecule has 2 aromatic rings. The third-order valence-corrected chi connectivity index (χ3v) is 5.40. The Balaban J connectivity index is 1.69. The number of rotatable bonds is 8. The van der Waals surface area contributed by atoms with Crippen LogP contribution in [-0.4, -0.2) is 17.7 Å². The second-order valence-corrected chi connectivity index (χ2v) is 8.28. The van der Waals surface area contributed by atoms with Gasteiger partial charge >= 0.3 is 0 Å². The number of carbonyl (C=O) groups excluding carboxylic acids is 1. The van der Waals surface area contributed by atoms with E-state index in [9.17, 15) is 4.79 Å². The first-order valence-corrected chi connectivity index (χ1v) is 9.93. The third-order valence-electron chi connectivity index (χ3n) is 4.29. The standard InChI is InChI=1S/C22H29NOS/c1-16(2)20-11-9-19(10-12-20)6-5-15-23-22(24)18(4)25-21-13-7-17(3)8-14-21/h7-14,16,18H,5-6,15H2,1-4H3,(H,23,24). The summed E-state index contributed by atoms with van der Waals surface area (Å²) in [5.74, 6) is 0.682. The smallest absolute Gasteiger partial charge is 0.233 e. The van der Waals surface area contributed by atoms with E-state index in [4.69, 9.17) is 0 Å². The number of benzene rings is 2. The number of aryl methyl sites for hydroxylation is 2. The van der Waals surface area contributed by atoms with Gasteiger partial charge in [-0.1, -0.05) is 55.8 Å². The summed E-state index contributed by atoms with van der Waals surface area (Å²) in [6.07, 6.45) is 1.97. The fraction of sp³-hybridized carbons (Fsp3) is 0.409. The van der Waals surface area contributed by atoms with Gasteiger partial charge in [0.25, 0.3) is 0 Å². The van der Waals surface area contributed by atoms with Gasteiger partial charge in [-0.3, -0.25) is 4.79 Å². The lowest BCUT2D eigenvalue weighted by molar-refractivity contribution is -0.120. The van der Waals surface area contributed by atoms with Gasteiger partial charge in [0.05, 0.1) is 5.25 Å². The minimum Gasteiger partial charge on any atom is -0.355 e. The number of carbonyl (C=O) groups is 1. The second-order valence-electron chi connectivity index (χ2n) is 6.86. The SMILES string of the molecule is Cc1ccc(SC(C)C(=O)NCCCc2ccc(C(C)C)cc2)cc1. The molecule has 2 rings (SSSR count). The Morgan fingerprint density at radius 3 is 2.24 bits per heavy atom. The van der Waals surface area contributed by atoms with E-state index in [1.807, 2.05) is 6.92 Å². The van der Waals surface area contributed by atoms with E-state index in [1.54, 1.807) is 11.8 Å². The molecule has 1 amide bonds. The summed E-state index contributed by atoms with van der Waals surface area (Å²) in [5.41, 5.74) is 3.95. The molecule has 1 atom stereocenters. The Kier molecular flexibility index (Phi) is 7.57. The van der Waals surface area contributed by atoms with E-state index in [0.717, 1.165) is 24.3 Å². The Hall–Kier alpha value is -1.74. The molecule has 0 bridgehead atoms. The molecule has 0 radical (unpaired) electrons. The first-order valence-electron chi connectivity index (χ1n) is 9.05. The van der Waals surface area contributed by atoms with Crippen molar-refractivity contribution >= 4 is 17.7 Å². The summed E-state index contributed by atoms with van der Waals surface area (Å²) >= 11 is 1.61. The summed E-state index contributed by atoms with van der Waals surface area (Å²) in [6.45, 7) is 9.18. The molecular weight excluding hydrogens is 326 g/mol. The largest absolute Gasteiger partial charge is 0.355 e. The van der Waals surface area contributed by atoms with Crippen LogP contribution in [0.3, 0.4) is 0 Å². The summed E-state index contributed by atoms with van der Waals surface area (Å²) in [7, 11) is 0. The molecule has 1 unspecified atom stereocenters. The van der Waals surface area contributed by atoms with Gasteiger partial charge in [-0.15, -0.1) is 11.8 Å². The topological polar surface area (TPSA) is 29.1 Å². The van der Waals surface area contributed by atoms with Gasteiger partial charge in [0.1, 0.15) is 0 Å². The van der Waals surface area contributed by atoms with Crippen molar-refractivity contribution in [3.63, 3.8) is 0 Å². The lowest BCUT2D eigenvalue weighted by atomic mass is 10.0. The zero-order chi connectivity index (χ0) is 18.2. The van der Waals surface area contributed by atoms with Gasteiger partial charge in [0, 0.05) is 11.4 Å².